The fraction of sp³-hybridized carbons (Fsp3) is 0.409. The lowest BCUT2D eigenvalue weighted by molar-refractivity contribution is 0.102. The predicted molar refractivity (Wildman–Crippen MR) is 120 cm³/mol. The minimum Gasteiger partial charge on any atom is -0.293 e. The zero-order valence-corrected chi connectivity index (χ0v) is 19.2. The molecule has 0 amide bonds. The number of hydrogen-bond acceptors (Lipinski definition) is 6. The largest absolute Gasteiger partial charge is 0.332 e. The first-order valence-corrected chi connectivity index (χ1v) is 10.6. The summed E-state index contributed by atoms with van der Waals surface area (Å²) in [7, 11) is 3.01. The molecule has 0 unspecified atom stereocenters. The van der Waals surface area contributed by atoms with Crippen LogP contribution in [-0.4, -0.2) is 30.6 Å². The molecular formula is C22H26N4O3S. The van der Waals surface area contributed by atoms with Gasteiger partial charge in [0.1, 0.15) is 16.2 Å². The van der Waals surface area contributed by atoms with E-state index in [4.69, 9.17) is 0 Å². The van der Waals surface area contributed by atoms with Crippen molar-refractivity contribution in [2.24, 2.45) is 14.1 Å². The van der Waals surface area contributed by atoms with Crippen LogP contribution in [0.2, 0.25) is 0 Å². The van der Waals surface area contributed by atoms with Gasteiger partial charge in [-0.15, -0.1) is 0 Å². The highest BCUT2D eigenvalue weighted by Gasteiger charge is 2.24. The molecule has 1 aromatic carbocycles. The van der Waals surface area contributed by atoms with Crippen molar-refractivity contribution in [1.82, 2.24) is 19.1 Å². The second-order valence-corrected chi connectivity index (χ2v) is 9.48. The fourth-order valence-corrected chi connectivity index (χ4v) is 3.91. The summed E-state index contributed by atoms with van der Waals surface area (Å²) in [5, 5.41) is 0.670. The van der Waals surface area contributed by atoms with E-state index >= 15 is 0 Å². The van der Waals surface area contributed by atoms with Crippen LogP contribution >= 0.6 is 11.8 Å². The predicted octanol–water partition coefficient (Wildman–Crippen LogP) is 2.92. The van der Waals surface area contributed by atoms with Crippen molar-refractivity contribution < 1.29 is 4.79 Å². The average molecular weight is 427 g/mol. The Morgan fingerprint density at radius 2 is 1.70 bits per heavy atom. The third-order valence-electron chi connectivity index (χ3n) is 5.11. The van der Waals surface area contributed by atoms with Gasteiger partial charge in [0, 0.05) is 25.1 Å². The molecule has 0 aliphatic rings. The van der Waals surface area contributed by atoms with Gasteiger partial charge in [-0.2, -0.15) is 0 Å². The van der Waals surface area contributed by atoms with Crippen LogP contribution in [0.25, 0.3) is 11.0 Å². The van der Waals surface area contributed by atoms with Crippen LogP contribution in [0.4, 0.5) is 0 Å². The van der Waals surface area contributed by atoms with Gasteiger partial charge in [0.25, 0.3) is 5.56 Å². The highest BCUT2D eigenvalue weighted by molar-refractivity contribution is 8.00. The molecular weight excluding hydrogens is 400 g/mol. The Hall–Kier alpha value is -2.74. The Morgan fingerprint density at radius 1 is 1.03 bits per heavy atom. The summed E-state index contributed by atoms with van der Waals surface area (Å²) in [5.74, 6) is 0.595. The molecule has 0 radical (unpaired) electrons. The first-order chi connectivity index (χ1) is 13.9. The van der Waals surface area contributed by atoms with Crippen LogP contribution in [-0.2, 0) is 19.5 Å². The van der Waals surface area contributed by atoms with Crippen molar-refractivity contribution in [2.45, 2.75) is 45.1 Å². The molecule has 0 bridgehead atoms. The molecule has 3 rings (SSSR count). The summed E-state index contributed by atoms with van der Waals surface area (Å²) in [6, 6.07) is 5.61. The van der Waals surface area contributed by atoms with Gasteiger partial charge >= 0.3 is 5.69 Å². The van der Waals surface area contributed by atoms with E-state index < -0.39 is 16.7 Å². The van der Waals surface area contributed by atoms with E-state index in [1.54, 1.807) is 7.05 Å². The smallest absolute Gasteiger partial charge is 0.293 e. The maximum atomic E-state index is 12.9. The monoisotopic (exact) mass is 426 g/mol. The second-order valence-electron chi connectivity index (χ2n) is 8.52. The summed E-state index contributed by atoms with van der Waals surface area (Å²) in [4.78, 5) is 47.1. The molecule has 2 aromatic heterocycles. The number of nitrogens with zero attached hydrogens (tertiary/aromatic N) is 4. The van der Waals surface area contributed by atoms with Gasteiger partial charge in [-0.3, -0.25) is 18.7 Å². The van der Waals surface area contributed by atoms with Gasteiger partial charge in [0.05, 0.1) is 5.75 Å². The molecule has 0 spiro atoms. The van der Waals surface area contributed by atoms with Gasteiger partial charge in [-0.05, 0) is 31.0 Å². The Bertz CT molecular complexity index is 1280. The van der Waals surface area contributed by atoms with E-state index in [2.05, 4.69) is 9.97 Å². The first kappa shape index (κ1) is 22.0. The highest BCUT2D eigenvalue weighted by Crippen LogP contribution is 2.27. The maximum Gasteiger partial charge on any atom is 0.332 e. The fourth-order valence-electron chi connectivity index (χ4n) is 3.00. The third-order valence-corrected chi connectivity index (χ3v) is 6.08. The van der Waals surface area contributed by atoms with E-state index in [0.29, 0.717) is 16.4 Å². The van der Waals surface area contributed by atoms with Crippen molar-refractivity contribution in [1.29, 1.82) is 0 Å². The molecule has 0 atom stereocenters. The minimum absolute atomic E-state index is 0.0474. The highest BCUT2D eigenvalue weighted by atomic mass is 32.2. The zero-order chi connectivity index (χ0) is 22.4. The van der Waals surface area contributed by atoms with Gasteiger partial charge in [0.15, 0.2) is 11.4 Å². The summed E-state index contributed by atoms with van der Waals surface area (Å²) in [6.45, 7) is 9.85. The van der Waals surface area contributed by atoms with Crippen LogP contribution in [0.15, 0.2) is 32.8 Å². The topological polar surface area (TPSA) is 86.8 Å². The van der Waals surface area contributed by atoms with E-state index in [1.807, 2.05) is 52.8 Å². The molecule has 0 saturated carbocycles. The third kappa shape index (κ3) is 3.96. The van der Waals surface area contributed by atoms with Crippen molar-refractivity contribution in [2.75, 3.05) is 5.75 Å². The number of Topliss-reactive ketones (excluding diaryl/α,β-unsaturated/α-hetero) is 1. The summed E-state index contributed by atoms with van der Waals surface area (Å²) in [6.07, 6.45) is 0. The molecule has 8 heteroatoms. The van der Waals surface area contributed by atoms with Gasteiger partial charge in [-0.1, -0.05) is 44.7 Å². The Balaban J connectivity index is 2.12. The van der Waals surface area contributed by atoms with Crippen LogP contribution in [0.5, 0.6) is 0 Å². The zero-order valence-electron chi connectivity index (χ0n) is 18.4. The summed E-state index contributed by atoms with van der Waals surface area (Å²) < 4.78 is 2.39. The number of ketones is 1. The number of hydrogen-bond donors (Lipinski definition) is 0. The lowest BCUT2D eigenvalue weighted by atomic mass is 9.96. The molecule has 0 saturated heterocycles. The Morgan fingerprint density at radius 3 is 2.30 bits per heavy atom. The normalized spacial score (nSPS) is 11.8. The Kier molecular flexibility index (Phi) is 5.73. The Labute approximate surface area is 179 Å². The van der Waals surface area contributed by atoms with Gasteiger partial charge < -0.3 is 0 Å². The molecule has 0 aliphatic carbocycles. The van der Waals surface area contributed by atoms with E-state index in [0.717, 1.165) is 15.7 Å². The first-order valence-electron chi connectivity index (χ1n) is 9.63. The molecule has 0 fully saturated rings. The van der Waals surface area contributed by atoms with Gasteiger partial charge in [-0.25, -0.2) is 14.8 Å². The minimum atomic E-state index is -0.463. The number of benzene rings is 1. The standard InChI is InChI=1S/C22H26N4O3S/c1-12-8-9-14(10-13(12)2)15(27)11-30-18-16-17(23-20(24-18)22(3,4)5)25(6)21(29)26(7)19(16)28/h8-10H,11H2,1-7H3. The number of carbonyl (C=O) groups excluding carboxylic acids is 1. The number of thioether (sulfide) groups is 1. The lowest BCUT2D eigenvalue weighted by Gasteiger charge is -2.19. The molecule has 7 nitrogen and oxygen atoms in total. The number of rotatable bonds is 4. The van der Waals surface area contributed by atoms with Crippen LogP contribution < -0.4 is 11.2 Å². The maximum absolute atomic E-state index is 12.9. The number of aryl methyl sites for hydroxylation is 3. The van der Waals surface area contributed by atoms with Crippen LogP contribution in [0, 0.1) is 13.8 Å². The lowest BCUT2D eigenvalue weighted by Crippen LogP contribution is -2.38. The molecule has 0 N–H and O–H groups in total. The molecule has 158 valence electrons. The molecule has 30 heavy (non-hydrogen) atoms. The van der Waals surface area contributed by atoms with Crippen LogP contribution in [0.3, 0.4) is 0 Å². The van der Waals surface area contributed by atoms with Crippen LogP contribution in [0.1, 0.15) is 48.1 Å². The molecule has 3 aromatic rings. The summed E-state index contributed by atoms with van der Waals surface area (Å²) in [5.41, 5.74) is 1.78. The molecule has 0 aliphatic heterocycles. The van der Waals surface area contributed by atoms with Crippen molar-refractivity contribution in [3.05, 3.63) is 61.6 Å². The van der Waals surface area contributed by atoms with Crippen molar-refractivity contribution in [3.63, 3.8) is 0 Å². The quantitative estimate of drug-likeness (QED) is 0.362. The van der Waals surface area contributed by atoms with E-state index in [-0.39, 0.29) is 22.6 Å². The van der Waals surface area contributed by atoms with E-state index in [9.17, 15) is 14.4 Å². The molecule has 2 heterocycles. The van der Waals surface area contributed by atoms with Crippen molar-refractivity contribution >= 4 is 28.6 Å². The summed E-state index contributed by atoms with van der Waals surface area (Å²) >= 11 is 1.20. The van der Waals surface area contributed by atoms with E-state index in [1.165, 1.54) is 23.4 Å². The van der Waals surface area contributed by atoms with Gasteiger partial charge in [0.2, 0.25) is 0 Å². The average Bonchev–Trinajstić information content (AvgIpc) is 2.69. The number of fused-ring (bicyclic) bond motifs is 1. The second kappa shape index (κ2) is 7.83. The van der Waals surface area contributed by atoms with Crippen molar-refractivity contribution in [3.8, 4) is 0 Å². The SMILES string of the molecule is Cc1ccc(C(=O)CSc2nc(C(C)(C)C)nc3c2c(=O)n(C)c(=O)n3C)cc1C. The number of aromatic nitrogens is 4. The number of carbonyl (C=O) groups is 1.